The molecule has 0 bridgehead atoms. The van der Waals surface area contributed by atoms with Gasteiger partial charge in [-0.2, -0.15) is 0 Å². The van der Waals surface area contributed by atoms with Gasteiger partial charge in [-0.05, 0) is 47.3 Å². The number of halogens is 2. The molecule has 2 aromatic carbocycles. The molecule has 0 amide bonds. The quantitative estimate of drug-likeness (QED) is 0.784. The Balaban J connectivity index is 2.21. The Bertz CT molecular complexity index is 577. The lowest BCUT2D eigenvalue weighted by molar-refractivity contribution is 0.219. The van der Waals surface area contributed by atoms with E-state index in [1.54, 1.807) is 24.1 Å². The van der Waals surface area contributed by atoms with E-state index in [-0.39, 0.29) is 5.82 Å². The van der Waals surface area contributed by atoms with Crippen LogP contribution in [0.3, 0.4) is 0 Å². The Labute approximate surface area is 130 Å². The second kappa shape index (κ2) is 7.22. The zero-order chi connectivity index (χ0) is 14.5. The SMILES string of the molecule is CCNSc1ccc(C(O)c2ccc(F)cc2)c(Br)c1. The van der Waals surface area contributed by atoms with E-state index in [2.05, 4.69) is 20.7 Å². The minimum absolute atomic E-state index is 0.308. The van der Waals surface area contributed by atoms with Crippen molar-refractivity contribution < 1.29 is 9.50 Å². The highest BCUT2D eigenvalue weighted by atomic mass is 79.9. The molecule has 0 saturated carbocycles. The molecule has 1 atom stereocenters. The molecule has 0 heterocycles. The van der Waals surface area contributed by atoms with E-state index in [4.69, 9.17) is 0 Å². The van der Waals surface area contributed by atoms with Crippen LogP contribution in [-0.2, 0) is 0 Å². The minimum Gasteiger partial charge on any atom is -0.384 e. The Kier molecular flexibility index (Phi) is 5.60. The molecule has 0 radical (unpaired) electrons. The highest BCUT2D eigenvalue weighted by Crippen LogP contribution is 2.31. The number of aliphatic hydroxyl groups excluding tert-OH is 1. The molecule has 2 aromatic rings. The maximum Gasteiger partial charge on any atom is 0.123 e. The molecular weight excluding hydrogens is 341 g/mol. The van der Waals surface area contributed by atoms with Gasteiger partial charge in [0, 0.05) is 15.9 Å². The topological polar surface area (TPSA) is 32.3 Å². The number of nitrogens with one attached hydrogen (secondary N) is 1. The summed E-state index contributed by atoms with van der Waals surface area (Å²) in [5.41, 5.74) is 1.43. The third-order valence-electron chi connectivity index (χ3n) is 2.79. The lowest BCUT2D eigenvalue weighted by Crippen LogP contribution is -2.02. The van der Waals surface area contributed by atoms with E-state index >= 15 is 0 Å². The fraction of sp³-hybridized carbons (Fsp3) is 0.200. The average Bonchev–Trinajstić information content (AvgIpc) is 2.45. The summed E-state index contributed by atoms with van der Waals surface area (Å²) >= 11 is 5.02. The van der Waals surface area contributed by atoms with Crippen molar-refractivity contribution in [2.75, 3.05) is 6.54 Å². The monoisotopic (exact) mass is 355 g/mol. The van der Waals surface area contributed by atoms with Crippen molar-refractivity contribution in [3.8, 4) is 0 Å². The largest absolute Gasteiger partial charge is 0.384 e. The van der Waals surface area contributed by atoms with Gasteiger partial charge in [0.25, 0.3) is 0 Å². The number of hydrogen-bond donors (Lipinski definition) is 2. The van der Waals surface area contributed by atoms with Gasteiger partial charge in [0.1, 0.15) is 11.9 Å². The van der Waals surface area contributed by atoms with Crippen LogP contribution in [0.5, 0.6) is 0 Å². The summed E-state index contributed by atoms with van der Waals surface area (Å²) in [7, 11) is 0. The van der Waals surface area contributed by atoms with E-state index in [1.165, 1.54) is 12.1 Å². The molecule has 0 aliphatic rings. The van der Waals surface area contributed by atoms with Crippen molar-refractivity contribution >= 4 is 27.9 Å². The molecule has 20 heavy (non-hydrogen) atoms. The molecular formula is C15H15BrFNOS. The van der Waals surface area contributed by atoms with Gasteiger partial charge in [-0.25, -0.2) is 4.39 Å². The smallest absolute Gasteiger partial charge is 0.123 e. The highest BCUT2D eigenvalue weighted by molar-refractivity contribution is 9.10. The fourth-order valence-corrected chi connectivity index (χ4v) is 3.14. The minimum atomic E-state index is -0.775. The van der Waals surface area contributed by atoms with Crippen LogP contribution in [0.4, 0.5) is 4.39 Å². The molecule has 2 nitrogen and oxygen atoms in total. The van der Waals surface area contributed by atoms with E-state index in [0.717, 1.165) is 21.5 Å². The van der Waals surface area contributed by atoms with E-state index < -0.39 is 6.10 Å². The van der Waals surface area contributed by atoms with Crippen molar-refractivity contribution in [1.82, 2.24) is 4.72 Å². The molecule has 0 saturated heterocycles. The zero-order valence-corrected chi connectivity index (χ0v) is 13.3. The molecule has 0 spiro atoms. The first kappa shape index (κ1) is 15.5. The first-order valence-corrected chi connectivity index (χ1v) is 7.85. The third kappa shape index (κ3) is 3.82. The fourth-order valence-electron chi connectivity index (χ4n) is 1.77. The van der Waals surface area contributed by atoms with Crippen LogP contribution in [0.25, 0.3) is 0 Å². The van der Waals surface area contributed by atoms with Gasteiger partial charge < -0.3 is 5.11 Å². The summed E-state index contributed by atoms with van der Waals surface area (Å²) in [6, 6.07) is 11.7. The number of rotatable bonds is 5. The van der Waals surface area contributed by atoms with Crippen LogP contribution >= 0.6 is 27.9 Å². The lowest BCUT2D eigenvalue weighted by atomic mass is 10.0. The summed E-state index contributed by atoms with van der Waals surface area (Å²) < 4.78 is 16.9. The van der Waals surface area contributed by atoms with Gasteiger partial charge in [-0.1, -0.05) is 41.1 Å². The van der Waals surface area contributed by atoms with Crippen LogP contribution in [0.1, 0.15) is 24.2 Å². The van der Waals surface area contributed by atoms with Crippen molar-refractivity contribution in [1.29, 1.82) is 0 Å². The maximum absolute atomic E-state index is 12.9. The summed E-state index contributed by atoms with van der Waals surface area (Å²) in [6.45, 7) is 2.91. The molecule has 1 unspecified atom stereocenters. The molecule has 2 rings (SSSR count). The highest BCUT2D eigenvalue weighted by Gasteiger charge is 2.14. The van der Waals surface area contributed by atoms with E-state index in [0.29, 0.717) is 5.56 Å². The van der Waals surface area contributed by atoms with Crippen molar-refractivity contribution in [3.05, 3.63) is 63.9 Å². The maximum atomic E-state index is 12.9. The van der Waals surface area contributed by atoms with Crippen LogP contribution < -0.4 is 4.72 Å². The van der Waals surface area contributed by atoms with Gasteiger partial charge in [0.15, 0.2) is 0 Å². The van der Waals surface area contributed by atoms with Gasteiger partial charge in [-0.3, -0.25) is 4.72 Å². The summed E-state index contributed by atoms with van der Waals surface area (Å²) in [4.78, 5) is 1.06. The first-order valence-electron chi connectivity index (χ1n) is 6.24. The Morgan fingerprint density at radius 1 is 1.25 bits per heavy atom. The standard InChI is InChI=1S/C15H15BrFNOS/c1-2-18-20-12-7-8-13(14(16)9-12)15(19)10-3-5-11(17)6-4-10/h3-9,15,18-19H,2H2,1H3. The molecule has 2 N–H and O–H groups in total. The van der Waals surface area contributed by atoms with E-state index in [1.807, 2.05) is 25.1 Å². The second-order valence-corrected chi connectivity index (χ2v) is 6.06. The zero-order valence-electron chi connectivity index (χ0n) is 10.9. The Hall–Kier alpha value is -0.880. The average molecular weight is 356 g/mol. The summed E-state index contributed by atoms with van der Waals surface area (Å²) in [5.74, 6) is -0.308. The van der Waals surface area contributed by atoms with Crippen molar-refractivity contribution in [3.63, 3.8) is 0 Å². The van der Waals surface area contributed by atoms with Gasteiger partial charge in [0.05, 0.1) is 0 Å². The lowest BCUT2D eigenvalue weighted by Gasteiger charge is -2.14. The second-order valence-electron chi connectivity index (χ2n) is 4.24. The molecule has 0 fully saturated rings. The molecule has 0 aromatic heterocycles. The molecule has 106 valence electrons. The van der Waals surface area contributed by atoms with Crippen LogP contribution in [0.2, 0.25) is 0 Å². The molecule has 0 aliphatic heterocycles. The van der Waals surface area contributed by atoms with Crippen molar-refractivity contribution in [2.24, 2.45) is 0 Å². The molecule has 0 aliphatic carbocycles. The summed E-state index contributed by atoms with van der Waals surface area (Å²) in [6.07, 6.45) is -0.775. The number of hydrogen-bond acceptors (Lipinski definition) is 3. The number of benzene rings is 2. The predicted octanol–water partition coefficient (Wildman–Crippen LogP) is 4.29. The van der Waals surface area contributed by atoms with Crippen LogP contribution in [0, 0.1) is 5.82 Å². The summed E-state index contributed by atoms with van der Waals surface area (Å²) in [5, 5.41) is 10.4. The van der Waals surface area contributed by atoms with E-state index in [9.17, 15) is 9.50 Å². The predicted molar refractivity (Wildman–Crippen MR) is 84.1 cm³/mol. The first-order chi connectivity index (χ1) is 9.61. The van der Waals surface area contributed by atoms with Gasteiger partial charge in [0.2, 0.25) is 0 Å². The Morgan fingerprint density at radius 3 is 2.55 bits per heavy atom. The Morgan fingerprint density at radius 2 is 1.95 bits per heavy atom. The van der Waals surface area contributed by atoms with Crippen LogP contribution in [-0.4, -0.2) is 11.7 Å². The van der Waals surface area contributed by atoms with Gasteiger partial charge >= 0.3 is 0 Å². The van der Waals surface area contributed by atoms with Crippen LogP contribution in [0.15, 0.2) is 51.8 Å². The van der Waals surface area contributed by atoms with Gasteiger partial charge in [-0.15, -0.1) is 0 Å². The molecule has 5 heteroatoms. The normalized spacial score (nSPS) is 12.4. The van der Waals surface area contributed by atoms with Crippen molar-refractivity contribution in [2.45, 2.75) is 17.9 Å². The third-order valence-corrected chi connectivity index (χ3v) is 4.40. The number of aliphatic hydroxyl groups is 1.